The fraction of sp³-hybridized carbons (Fsp3) is 0.478. The number of piperazine rings is 1. The number of H-pyrrole nitrogens is 1. The average molecular weight is 450 g/mol. The summed E-state index contributed by atoms with van der Waals surface area (Å²) in [5, 5.41) is 10.6. The number of likely N-dealkylation sites (N-methyl/N-ethyl adjacent to an activating group) is 2. The molecule has 0 bridgehead atoms. The molecule has 10 heteroatoms. The summed E-state index contributed by atoms with van der Waals surface area (Å²) in [5.41, 5.74) is 1.09. The lowest BCUT2D eigenvalue weighted by Crippen LogP contribution is -2.45. The molecule has 0 amide bonds. The van der Waals surface area contributed by atoms with E-state index >= 15 is 4.39 Å². The third-order valence-corrected chi connectivity index (χ3v) is 6.90. The Morgan fingerprint density at radius 3 is 2.70 bits per heavy atom. The number of hydrogen-bond donors (Lipinski definition) is 1. The van der Waals surface area contributed by atoms with E-state index in [0.29, 0.717) is 12.4 Å². The molecule has 33 heavy (non-hydrogen) atoms. The van der Waals surface area contributed by atoms with Gasteiger partial charge >= 0.3 is 0 Å². The Morgan fingerprint density at radius 2 is 1.94 bits per heavy atom. The van der Waals surface area contributed by atoms with Gasteiger partial charge in [0.2, 0.25) is 0 Å². The lowest BCUT2D eigenvalue weighted by atomic mass is 10.1. The number of halogens is 1. The maximum absolute atomic E-state index is 15.1. The fourth-order valence-corrected chi connectivity index (χ4v) is 4.95. The largest absolute Gasteiger partial charge is 0.354 e. The molecule has 5 heterocycles. The van der Waals surface area contributed by atoms with Gasteiger partial charge in [0.05, 0.1) is 17.0 Å². The standard InChI is InChI=1S/C23H28FN9/c1-15-12-33(22-17-4-5-26-20(17)27-14-28-22)13-19(15)31(3)23-18(24)10-16(11-25)21(29-23)32-8-6-30(2)7-9-32/h4-5,10,14-15,19H,6-9,12-13H2,1-3H3,(H,26,27,28)/t15?,19-/m0/s1. The van der Waals surface area contributed by atoms with Crippen molar-refractivity contribution in [3.8, 4) is 6.07 Å². The summed E-state index contributed by atoms with van der Waals surface area (Å²) in [6.45, 7) is 6.96. The summed E-state index contributed by atoms with van der Waals surface area (Å²) >= 11 is 0. The van der Waals surface area contributed by atoms with Crippen molar-refractivity contribution in [2.45, 2.75) is 13.0 Å². The first kappa shape index (κ1) is 21.4. The van der Waals surface area contributed by atoms with Gasteiger partial charge in [0.15, 0.2) is 11.6 Å². The highest BCUT2D eigenvalue weighted by molar-refractivity contribution is 5.87. The number of nitriles is 1. The second-order valence-corrected chi connectivity index (χ2v) is 9.06. The summed E-state index contributed by atoms with van der Waals surface area (Å²) in [6.07, 6.45) is 3.43. The van der Waals surface area contributed by atoms with Crippen molar-refractivity contribution >= 4 is 28.5 Å². The van der Waals surface area contributed by atoms with Crippen LogP contribution in [0.25, 0.3) is 11.0 Å². The van der Waals surface area contributed by atoms with Crippen LogP contribution < -0.4 is 14.7 Å². The molecular formula is C23H28FN9. The maximum Gasteiger partial charge on any atom is 0.167 e. The molecule has 3 aromatic rings. The first-order chi connectivity index (χ1) is 16.0. The molecule has 1 N–H and O–H groups in total. The summed E-state index contributed by atoms with van der Waals surface area (Å²) in [7, 11) is 3.97. The van der Waals surface area contributed by atoms with Gasteiger partial charge in [-0.2, -0.15) is 5.26 Å². The van der Waals surface area contributed by atoms with E-state index < -0.39 is 5.82 Å². The minimum Gasteiger partial charge on any atom is -0.354 e. The number of hydrogen-bond acceptors (Lipinski definition) is 8. The summed E-state index contributed by atoms with van der Waals surface area (Å²) in [6, 6.07) is 5.49. The number of nitrogens with one attached hydrogen (secondary N) is 1. The second-order valence-electron chi connectivity index (χ2n) is 9.06. The van der Waals surface area contributed by atoms with E-state index in [-0.39, 0.29) is 23.3 Å². The van der Waals surface area contributed by atoms with Gasteiger partial charge in [-0.15, -0.1) is 0 Å². The van der Waals surface area contributed by atoms with Gasteiger partial charge in [-0.25, -0.2) is 19.3 Å². The van der Waals surface area contributed by atoms with E-state index in [1.807, 2.05) is 24.2 Å². The maximum atomic E-state index is 15.1. The zero-order chi connectivity index (χ0) is 23.1. The fourth-order valence-electron chi connectivity index (χ4n) is 4.95. The summed E-state index contributed by atoms with van der Waals surface area (Å²) in [4.78, 5) is 25.1. The summed E-state index contributed by atoms with van der Waals surface area (Å²) < 4.78 is 15.1. The van der Waals surface area contributed by atoms with Gasteiger partial charge in [0.25, 0.3) is 0 Å². The SMILES string of the molecule is CC1CN(c2ncnc3[nH]ccc23)C[C@@H]1N(C)c1nc(N2CCN(C)CC2)c(C#N)cc1F. The second kappa shape index (κ2) is 8.48. The predicted octanol–water partition coefficient (Wildman–Crippen LogP) is 2.08. The molecule has 172 valence electrons. The Labute approximate surface area is 192 Å². The highest BCUT2D eigenvalue weighted by Crippen LogP contribution is 2.33. The van der Waals surface area contributed by atoms with Crippen molar-refractivity contribution in [2.24, 2.45) is 5.92 Å². The number of fused-ring (bicyclic) bond motifs is 1. The van der Waals surface area contributed by atoms with Crippen LogP contribution in [0.4, 0.5) is 21.8 Å². The Hall–Kier alpha value is -3.45. The first-order valence-electron chi connectivity index (χ1n) is 11.3. The van der Waals surface area contributed by atoms with Gasteiger partial charge in [0.1, 0.15) is 29.7 Å². The zero-order valence-corrected chi connectivity index (χ0v) is 19.2. The molecule has 0 radical (unpaired) electrons. The Balaban J connectivity index is 1.43. The van der Waals surface area contributed by atoms with Gasteiger partial charge in [0, 0.05) is 52.5 Å². The van der Waals surface area contributed by atoms with Crippen LogP contribution in [-0.4, -0.2) is 84.2 Å². The topological polar surface area (TPSA) is 91.2 Å². The van der Waals surface area contributed by atoms with E-state index in [1.165, 1.54) is 6.07 Å². The minimum absolute atomic E-state index is 0.0456. The highest BCUT2D eigenvalue weighted by atomic mass is 19.1. The normalized spacial score (nSPS) is 21.5. The van der Waals surface area contributed by atoms with Crippen LogP contribution in [0.2, 0.25) is 0 Å². The van der Waals surface area contributed by atoms with Gasteiger partial charge in [-0.05, 0) is 25.1 Å². The quantitative estimate of drug-likeness (QED) is 0.647. The number of nitrogens with zero attached hydrogens (tertiary/aromatic N) is 8. The molecule has 5 rings (SSSR count). The van der Waals surface area contributed by atoms with Gasteiger partial charge in [-0.1, -0.05) is 6.92 Å². The summed E-state index contributed by atoms with van der Waals surface area (Å²) in [5.74, 6) is 1.54. The van der Waals surface area contributed by atoms with Crippen LogP contribution >= 0.6 is 0 Å². The van der Waals surface area contributed by atoms with Crippen molar-refractivity contribution in [1.82, 2.24) is 24.8 Å². The molecule has 0 saturated carbocycles. The molecule has 1 unspecified atom stereocenters. The van der Waals surface area contributed by atoms with Crippen LogP contribution in [0.15, 0.2) is 24.7 Å². The lowest BCUT2D eigenvalue weighted by Gasteiger charge is -2.35. The Morgan fingerprint density at radius 1 is 1.15 bits per heavy atom. The molecule has 3 aromatic heterocycles. The molecular weight excluding hydrogens is 421 g/mol. The number of aromatic nitrogens is 4. The van der Waals surface area contributed by atoms with Crippen molar-refractivity contribution in [1.29, 1.82) is 5.26 Å². The third-order valence-electron chi connectivity index (χ3n) is 6.90. The Bertz CT molecular complexity index is 1190. The molecule has 0 aromatic carbocycles. The third kappa shape index (κ3) is 3.82. The molecule has 2 aliphatic heterocycles. The minimum atomic E-state index is -0.465. The van der Waals surface area contributed by atoms with E-state index in [0.717, 1.165) is 49.6 Å². The lowest BCUT2D eigenvalue weighted by molar-refractivity contribution is 0.312. The van der Waals surface area contributed by atoms with Gasteiger partial charge < -0.3 is 24.6 Å². The average Bonchev–Trinajstić information content (AvgIpc) is 3.45. The molecule has 2 aliphatic rings. The van der Waals surface area contributed by atoms with Crippen LogP contribution in [0, 0.1) is 23.1 Å². The smallest absolute Gasteiger partial charge is 0.167 e. The number of rotatable bonds is 4. The number of pyridine rings is 1. The van der Waals surface area contributed by atoms with Crippen molar-refractivity contribution in [2.75, 3.05) is 68.1 Å². The van der Waals surface area contributed by atoms with Crippen LogP contribution in [-0.2, 0) is 0 Å². The van der Waals surface area contributed by atoms with E-state index in [9.17, 15) is 5.26 Å². The number of anilines is 3. The Kier molecular flexibility index (Phi) is 5.50. The van der Waals surface area contributed by atoms with Crippen LogP contribution in [0.3, 0.4) is 0 Å². The first-order valence-corrected chi connectivity index (χ1v) is 11.3. The highest BCUT2D eigenvalue weighted by Gasteiger charge is 2.36. The van der Waals surface area contributed by atoms with Crippen LogP contribution in [0.5, 0.6) is 0 Å². The van der Waals surface area contributed by atoms with Crippen molar-refractivity contribution in [3.63, 3.8) is 0 Å². The molecule has 2 atom stereocenters. The van der Waals surface area contributed by atoms with E-state index in [1.54, 1.807) is 6.33 Å². The molecule has 0 aliphatic carbocycles. The van der Waals surface area contributed by atoms with Gasteiger partial charge in [-0.3, -0.25) is 0 Å². The molecule has 0 spiro atoms. The zero-order valence-electron chi connectivity index (χ0n) is 19.2. The molecule has 9 nitrogen and oxygen atoms in total. The van der Waals surface area contributed by atoms with E-state index in [4.69, 9.17) is 4.98 Å². The molecule has 2 saturated heterocycles. The molecule has 2 fully saturated rings. The van der Waals surface area contributed by atoms with E-state index in [2.05, 4.69) is 49.7 Å². The van der Waals surface area contributed by atoms with Crippen molar-refractivity contribution in [3.05, 3.63) is 36.0 Å². The monoisotopic (exact) mass is 449 g/mol. The predicted molar refractivity (Wildman–Crippen MR) is 126 cm³/mol. The van der Waals surface area contributed by atoms with Crippen LogP contribution in [0.1, 0.15) is 12.5 Å². The van der Waals surface area contributed by atoms with Crippen molar-refractivity contribution < 1.29 is 4.39 Å². The number of aromatic amines is 1.